The number of pyridine rings is 1. The largest absolute Gasteiger partial charge is 0.492 e. The lowest BCUT2D eigenvalue weighted by atomic mass is 9.99. The van der Waals surface area contributed by atoms with Gasteiger partial charge in [0.2, 0.25) is 0 Å². The molecule has 2 amide bonds. The van der Waals surface area contributed by atoms with Crippen LogP contribution in [-0.2, 0) is 10.0 Å². The van der Waals surface area contributed by atoms with Gasteiger partial charge in [0.25, 0.3) is 27.5 Å². The molecule has 0 atom stereocenters. The average Bonchev–Trinajstić information content (AvgIpc) is 3.19. The van der Waals surface area contributed by atoms with Crippen molar-refractivity contribution in [2.45, 2.75) is 23.6 Å². The van der Waals surface area contributed by atoms with E-state index in [1.54, 1.807) is 35.1 Å². The zero-order valence-electron chi connectivity index (χ0n) is 30.0. The summed E-state index contributed by atoms with van der Waals surface area (Å²) in [4.78, 5) is 46.0. The molecule has 1 aliphatic heterocycles. The molecule has 0 spiro atoms. The van der Waals surface area contributed by atoms with Gasteiger partial charge in [-0.05, 0) is 79.6 Å². The molecule has 0 unspecified atom stereocenters. The number of nitrogens with one attached hydrogen (secondary N) is 2. The second-order valence-electron chi connectivity index (χ2n) is 12.4. The Labute approximate surface area is 322 Å². The smallest absolute Gasteiger partial charge is 0.293 e. The first-order valence-electron chi connectivity index (χ1n) is 17.4. The van der Waals surface area contributed by atoms with Crippen LogP contribution in [0.3, 0.4) is 0 Å². The summed E-state index contributed by atoms with van der Waals surface area (Å²) in [5, 5.41) is 22.8. The first-order chi connectivity index (χ1) is 26.5. The fourth-order valence-corrected chi connectivity index (χ4v) is 7.72. The van der Waals surface area contributed by atoms with Crippen LogP contribution in [-0.4, -0.2) is 90.3 Å². The van der Waals surface area contributed by atoms with E-state index >= 15 is 0 Å². The molecule has 2 N–H and O–H groups in total. The minimum absolute atomic E-state index is 0.0935. The van der Waals surface area contributed by atoms with Gasteiger partial charge in [0.1, 0.15) is 11.4 Å². The van der Waals surface area contributed by atoms with Crippen molar-refractivity contribution in [2.75, 3.05) is 55.3 Å². The van der Waals surface area contributed by atoms with Crippen molar-refractivity contribution in [3.05, 3.63) is 124 Å². The number of benzene rings is 3. The van der Waals surface area contributed by atoms with Gasteiger partial charge in [-0.1, -0.05) is 24.3 Å². The molecule has 1 aliphatic rings. The van der Waals surface area contributed by atoms with Crippen molar-refractivity contribution >= 4 is 50.8 Å². The van der Waals surface area contributed by atoms with Gasteiger partial charge in [0, 0.05) is 66.8 Å². The number of hydrogen-bond acceptors (Lipinski definition) is 13. The van der Waals surface area contributed by atoms with Crippen molar-refractivity contribution in [2.24, 2.45) is 0 Å². The summed E-state index contributed by atoms with van der Waals surface area (Å²) in [6.45, 7) is 6.57. The second-order valence-corrected chi connectivity index (χ2v) is 15.2. The third kappa shape index (κ3) is 9.54. The Kier molecular flexibility index (Phi) is 12.2. The average molecular weight is 783 g/mol. The maximum Gasteiger partial charge on any atom is 0.293 e. The molecule has 5 aromatic rings. The summed E-state index contributed by atoms with van der Waals surface area (Å²) in [7, 11) is -4.49. The highest BCUT2D eigenvalue weighted by atomic mass is 32.2. The van der Waals surface area contributed by atoms with Crippen LogP contribution in [0.1, 0.15) is 33.3 Å². The molecule has 55 heavy (non-hydrogen) atoms. The van der Waals surface area contributed by atoms with Crippen molar-refractivity contribution < 1.29 is 27.7 Å². The van der Waals surface area contributed by atoms with Crippen LogP contribution in [0.25, 0.3) is 11.1 Å². The number of sulfonamides is 1. The molecular weight excluding hydrogens is 745 g/mol. The number of aryl methyl sites for hydroxylation is 1. The van der Waals surface area contributed by atoms with Crippen molar-refractivity contribution in [3.63, 3.8) is 0 Å². The van der Waals surface area contributed by atoms with E-state index in [9.17, 15) is 28.1 Å². The van der Waals surface area contributed by atoms with Crippen LogP contribution >= 0.6 is 11.8 Å². The van der Waals surface area contributed by atoms with Gasteiger partial charge in [0.05, 0.1) is 22.6 Å². The number of ether oxygens (including phenoxy) is 1. The van der Waals surface area contributed by atoms with E-state index in [1.807, 2.05) is 78.1 Å². The maximum atomic E-state index is 13.4. The summed E-state index contributed by atoms with van der Waals surface area (Å²) in [5.74, 6) is 0.613. The molecule has 1 saturated heterocycles. The molecule has 0 radical (unpaired) electrons. The monoisotopic (exact) mass is 782 g/mol. The molecule has 0 bridgehead atoms. The summed E-state index contributed by atoms with van der Waals surface area (Å²) in [6, 6.07) is 23.5. The number of carbonyl (C=O) groups is 2. The number of aromatic nitrogens is 3. The van der Waals surface area contributed by atoms with Crippen LogP contribution in [0.15, 0.2) is 107 Å². The molecule has 17 heteroatoms. The van der Waals surface area contributed by atoms with Gasteiger partial charge in [-0.25, -0.2) is 13.1 Å². The Morgan fingerprint density at radius 2 is 1.73 bits per heavy atom. The molecule has 0 saturated carbocycles. The fraction of sp³-hybridized carbons (Fsp3) is 0.237. The molecular formula is C38H38N8O7S2. The molecule has 284 valence electrons. The lowest BCUT2D eigenvalue weighted by Crippen LogP contribution is -2.49. The number of anilines is 2. The number of nitro benzene ring substituents is 1. The zero-order valence-corrected chi connectivity index (χ0v) is 31.7. The summed E-state index contributed by atoms with van der Waals surface area (Å²) in [6.07, 6.45) is 3.43. The van der Waals surface area contributed by atoms with Gasteiger partial charge in [-0.2, -0.15) is 0 Å². The van der Waals surface area contributed by atoms with Crippen LogP contribution in [0.4, 0.5) is 17.2 Å². The standard InChI is InChI=1S/C38H38N8O7S2/c1-3-53-29-22-28(24-39-25-29)32-11-9-27(21-26(32)2)38(48)45-18-16-44(17-19-45)36-14-13-34(41-42-36)37(47)43-55(51,52)31-10-12-33(35(23-31)46(49)50)40-15-20-54-30-7-5-4-6-8-30/h4-14,21-25,40H,3,15-20H2,1-2H3,(H,43,47). The maximum absolute atomic E-state index is 13.4. The third-order valence-corrected chi connectivity index (χ3v) is 11.1. The normalized spacial score (nSPS) is 12.9. The van der Waals surface area contributed by atoms with Crippen molar-refractivity contribution in [1.82, 2.24) is 24.8 Å². The van der Waals surface area contributed by atoms with Crippen LogP contribution in [0, 0.1) is 17.0 Å². The van der Waals surface area contributed by atoms with E-state index in [-0.39, 0.29) is 17.3 Å². The van der Waals surface area contributed by atoms with E-state index in [1.165, 1.54) is 18.2 Å². The molecule has 6 rings (SSSR count). The Morgan fingerprint density at radius 3 is 2.42 bits per heavy atom. The minimum Gasteiger partial charge on any atom is -0.492 e. The van der Waals surface area contributed by atoms with E-state index in [2.05, 4.69) is 20.5 Å². The number of nitrogens with zero attached hydrogens (tertiary/aromatic N) is 6. The Hall–Kier alpha value is -6.07. The number of hydrogen-bond donors (Lipinski definition) is 2. The Morgan fingerprint density at radius 1 is 0.945 bits per heavy atom. The lowest BCUT2D eigenvalue weighted by molar-refractivity contribution is -0.384. The van der Waals surface area contributed by atoms with Gasteiger partial charge in [-0.3, -0.25) is 24.7 Å². The van der Waals surface area contributed by atoms with Gasteiger partial charge in [-0.15, -0.1) is 22.0 Å². The molecule has 15 nitrogen and oxygen atoms in total. The predicted octanol–water partition coefficient (Wildman–Crippen LogP) is 5.44. The van der Waals surface area contributed by atoms with E-state index in [0.717, 1.165) is 27.7 Å². The number of nitro groups is 1. The molecule has 1 fully saturated rings. The topological polar surface area (TPSA) is 190 Å². The summed E-state index contributed by atoms with van der Waals surface area (Å²) >= 11 is 1.57. The number of thioether (sulfide) groups is 1. The minimum atomic E-state index is -4.49. The van der Waals surface area contributed by atoms with E-state index in [0.29, 0.717) is 62.2 Å². The highest BCUT2D eigenvalue weighted by Crippen LogP contribution is 2.29. The van der Waals surface area contributed by atoms with Gasteiger partial charge < -0.3 is 19.9 Å². The number of piperazine rings is 1. The first-order valence-corrected chi connectivity index (χ1v) is 19.8. The number of amides is 2. The molecule has 2 aromatic heterocycles. The van der Waals surface area contributed by atoms with Gasteiger partial charge >= 0.3 is 0 Å². The quantitative estimate of drug-likeness (QED) is 0.0628. The second kappa shape index (κ2) is 17.4. The number of rotatable bonds is 14. The van der Waals surface area contributed by atoms with E-state index < -0.39 is 31.4 Å². The van der Waals surface area contributed by atoms with Crippen LogP contribution in [0.2, 0.25) is 0 Å². The van der Waals surface area contributed by atoms with E-state index in [4.69, 9.17) is 4.74 Å². The summed E-state index contributed by atoms with van der Waals surface area (Å²) in [5.41, 5.74) is 2.81. The predicted molar refractivity (Wildman–Crippen MR) is 209 cm³/mol. The zero-order chi connectivity index (χ0) is 39.0. The van der Waals surface area contributed by atoms with Crippen LogP contribution in [0.5, 0.6) is 5.75 Å². The first kappa shape index (κ1) is 38.6. The van der Waals surface area contributed by atoms with Crippen molar-refractivity contribution in [3.8, 4) is 16.9 Å². The Bertz CT molecular complexity index is 2290. The Balaban J connectivity index is 1.02. The van der Waals surface area contributed by atoms with Crippen molar-refractivity contribution in [1.29, 1.82) is 0 Å². The highest BCUT2D eigenvalue weighted by Gasteiger charge is 2.26. The highest BCUT2D eigenvalue weighted by molar-refractivity contribution is 7.99. The fourth-order valence-electron chi connectivity index (χ4n) is 5.95. The van der Waals surface area contributed by atoms with Gasteiger partial charge in [0.15, 0.2) is 11.5 Å². The third-order valence-electron chi connectivity index (χ3n) is 8.72. The number of carbonyl (C=O) groups excluding carboxylic acids is 2. The summed E-state index contributed by atoms with van der Waals surface area (Å²) < 4.78 is 33.7. The lowest BCUT2D eigenvalue weighted by Gasteiger charge is -2.35. The molecule has 3 aromatic carbocycles. The van der Waals surface area contributed by atoms with Crippen LogP contribution < -0.4 is 19.7 Å². The molecule has 3 heterocycles. The SMILES string of the molecule is CCOc1cncc(-c2ccc(C(=O)N3CCN(c4ccc(C(=O)NS(=O)(=O)c5ccc(NCCSc6ccccc6)c([N+](=O)[O-])c5)nn4)CC3)cc2C)c1. The molecule has 0 aliphatic carbocycles.